The molecule has 5 rings (SSSR count). The minimum absolute atomic E-state index is 0.168. The highest BCUT2D eigenvalue weighted by Crippen LogP contribution is 2.44. The second-order valence-electron chi connectivity index (χ2n) is 7.53. The van der Waals surface area contributed by atoms with E-state index in [4.69, 9.17) is 4.42 Å². The lowest BCUT2D eigenvalue weighted by Gasteiger charge is -2.29. The average Bonchev–Trinajstić information content (AvgIpc) is 3.06. The summed E-state index contributed by atoms with van der Waals surface area (Å²) in [6.45, 7) is 1.93. The zero-order valence-corrected chi connectivity index (χ0v) is 15.7. The van der Waals surface area contributed by atoms with Gasteiger partial charge in [-0.3, -0.25) is 4.79 Å². The van der Waals surface area contributed by atoms with Gasteiger partial charge in [0.15, 0.2) is 5.78 Å². The molecular formula is C24H22N2O2. The molecule has 0 fully saturated rings. The van der Waals surface area contributed by atoms with E-state index in [1.807, 2.05) is 61.5 Å². The van der Waals surface area contributed by atoms with Crippen molar-refractivity contribution in [2.75, 3.05) is 10.6 Å². The maximum absolute atomic E-state index is 13.3. The van der Waals surface area contributed by atoms with E-state index >= 15 is 0 Å². The van der Waals surface area contributed by atoms with Crippen LogP contribution in [0, 0.1) is 6.92 Å². The van der Waals surface area contributed by atoms with Crippen molar-refractivity contribution in [2.45, 2.75) is 31.7 Å². The normalized spacial score (nSPS) is 21.2. The Bertz CT molecular complexity index is 1060. The third kappa shape index (κ3) is 2.91. The second kappa shape index (κ2) is 6.71. The molecule has 0 unspecified atom stereocenters. The molecule has 2 atom stereocenters. The molecule has 4 heteroatoms. The molecule has 4 nitrogen and oxygen atoms in total. The van der Waals surface area contributed by atoms with Gasteiger partial charge in [-0.25, -0.2) is 0 Å². The number of carbonyl (C=O) groups excluding carboxylic acids is 1. The van der Waals surface area contributed by atoms with Crippen molar-refractivity contribution in [3.63, 3.8) is 0 Å². The number of nitrogens with one attached hydrogen (secondary N) is 2. The predicted octanol–water partition coefficient (Wildman–Crippen LogP) is 5.57. The summed E-state index contributed by atoms with van der Waals surface area (Å²) in [6.07, 6.45) is 1.32. The third-order valence-corrected chi connectivity index (χ3v) is 5.63. The second-order valence-corrected chi connectivity index (χ2v) is 7.53. The van der Waals surface area contributed by atoms with Crippen LogP contribution in [0.4, 0.5) is 11.4 Å². The maximum atomic E-state index is 13.3. The summed E-state index contributed by atoms with van der Waals surface area (Å²) in [7, 11) is 0. The fourth-order valence-electron chi connectivity index (χ4n) is 4.28. The molecular weight excluding hydrogens is 348 g/mol. The Balaban J connectivity index is 1.61. The lowest BCUT2D eigenvalue weighted by atomic mass is 9.79. The molecule has 0 amide bonds. The Kier molecular flexibility index (Phi) is 4.05. The number of ketones is 1. The highest BCUT2D eigenvalue weighted by molar-refractivity contribution is 6.01. The Morgan fingerprint density at radius 1 is 0.893 bits per heavy atom. The zero-order chi connectivity index (χ0) is 19.1. The summed E-state index contributed by atoms with van der Waals surface area (Å²) in [5, 5.41) is 7.09. The number of hydrogen-bond donors (Lipinski definition) is 2. The number of aryl methyl sites for hydroxylation is 1. The van der Waals surface area contributed by atoms with Crippen LogP contribution in [0.15, 0.2) is 82.4 Å². The zero-order valence-electron chi connectivity index (χ0n) is 15.7. The molecule has 0 spiro atoms. The van der Waals surface area contributed by atoms with E-state index in [0.29, 0.717) is 6.42 Å². The first-order valence-electron chi connectivity index (χ1n) is 9.69. The number of furan rings is 1. The molecule has 0 radical (unpaired) electrons. The fourth-order valence-corrected chi connectivity index (χ4v) is 4.28. The monoisotopic (exact) mass is 370 g/mol. The molecule has 2 aliphatic rings. The minimum Gasteiger partial charge on any atom is -0.464 e. The first kappa shape index (κ1) is 16.9. The van der Waals surface area contributed by atoms with Crippen molar-refractivity contribution in [1.29, 1.82) is 0 Å². The van der Waals surface area contributed by atoms with Gasteiger partial charge in [0.1, 0.15) is 17.6 Å². The van der Waals surface area contributed by atoms with E-state index in [1.54, 1.807) is 0 Å². The number of anilines is 2. The molecule has 0 saturated carbocycles. The quantitative estimate of drug-likeness (QED) is 0.619. The lowest BCUT2D eigenvalue weighted by Crippen LogP contribution is -2.26. The van der Waals surface area contributed by atoms with Crippen LogP contribution in [-0.4, -0.2) is 5.78 Å². The number of para-hydroxylation sites is 2. The standard InChI is InChI=1S/C24H22N2O2/c1-15-11-12-22(28-15)24-23-20(25-18-9-5-6-10-19(18)26-24)13-17(14-21(23)27)16-7-3-2-4-8-16/h2-12,17,24-26H,13-14H2,1H3/t17-,24+/m0/s1. The molecule has 3 aromatic rings. The molecule has 2 aromatic carbocycles. The molecule has 1 aromatic heterocycles. The van der Waals surface area contributed by atoms with Gasteiger partial charge in [-0.1, -0.05) is 42.5 Å². The van der Waals surface area contributed by atoms with Crippen LogP contribution in [0.1, 0.15) is 41.9 Å². The van der Waals surface area contributed by atoms with Gasteiger partial charge < -0.3 is 15.1 Å². The number of rotatable bonds is 2. The third-order valence-electron chi connectivity index (χ3n) is 5.63. The Labute approximate surface area is 164 Å². The first-order chi connectivity index (χ1) is 13.7. The molecule has 2 heterocycles. The van der Waals surface area contributed by atoms with Gasteiger partial charge in [0.05, 0.1) is 11.4 Å². The van der Waals surface area contributed by atoms with Crippen molar-refractivity contribution in [1.82, 2.24) is 0 Å². The van der Waals surface area contributed by atoms with E-state index in [-0.39, 0.29) is 17.7 Å². The van der Waals surface area contributed by atoms with Crippen LogP contribution in [0.25, 0.3) is 0 Å². The molecule has 0 bridgehead atoms. The summed E-state index contributed by atoms with van der Waals surface area (Å²) >= 11 is 0. The number of carbonyl (C=O) groups is 1. The van der Waals surface area contributed by atoms with Gasteiger partial charge in [0.2, 0.25) is 0 Å². The summed E-state index contributed by atoms with van der Waals surface area (Å²) in [5.41, 5.74) is 4.95. The van der Waals surface area contributed by atoms with Crippen LogP contribution in [0.3, 0.4) is 0 Å². The molecule has 28 heavy (non-hydrogen) atoms. The van der Waals surface area contributed by atoms with E-state index in [9.17, 15) is 4.79 Å². The molecule has 0 saturated heterocycles. The van der Waals surface area contributed by atoms with Gasteiger partial charge >= 0.3 is 0 Å². The van der Waals surface area contributed by atoms with Gasteiger partial charge in [0.25, 0.3) is 0 Å². The maximum Gasteiger partial charge on any atom is 0.163 e. The highest BCUT2D eigenvalue weighted by atomic mass is 16.3. The summed E-state index contributed by atoms with van der Waals surface area (Å²) in [4.78, 5) is 13.3. The number of Topliss-reactive ketones (excluding diaryl/α,β-unsaturated/α-hetero) is 1. The van der Waals surface area contributed by atoms with Crippen LogP contribution in [0.2, 0.25) is 0 Å². The molecule has 140 valence electrons. The average molecular weight is 370 g/mol. The smallest absolute Gasteiger partial charge is 0.163 e. The number of benzene rings is 2. The van der Waals surface area contributed by atoms with Crippen LogP contribution in [-0.2, 0) is 4.79 Å². The van der Waals surface area contributed by atoms with Gasteiger partial charge in [-0.05, 0) is 49.1 Å². The topological polar surface area (TPSA) is 54.3 Å². The van der Waals surface area contributed by atoms with E-state index in [2.05, 4.69) is 22.8 Å². The van der Waals surface area contributed by atoms with Crippen LogP contribution in [0.5, 0.6) is 0 Å². The van der Waals surface area contributed by atoms with E-state index in [0.717, 1.165) is 40.6 Å². The summed E-state index contributed by atoms with van der Waals surface area (Å²) in [6, 6.07) is 22.0. The Morgan fingerprint density at radius 2 is 1.64 bits per heavy atom. The van der Waals surface area contributed by atoms with Crippen molar-refractivity contribution >= 4 is 17.2 Å². The van der Waals surface area contributed by atoms with E-state index in [1.165, 1.54) is 5.56 Å². The Morgan fingerprint density at radius 3 is 2.39 bits per heavy atom. The number of fused-ring (bicyclic) bond motifs is 1. The summed E-state index contributed by atoms with van der Waals surface area (Å²) in [5.74, 6) is 1.97. The predicted molar refractivity (Wildman–Crippen MR) is 110 cm³/mol. The largest absolute Gasteiger partial charge is 0.464 e. The Hall–Kier alpha value is -3.27. The van der Waals surface area contributed by atoms with Gasteiger partial charge in [0, 0.05) is 17.7 Å². The number of hydrogen-bond acceptors (Lipinski definition) is 4. The van der Waals surface area contributed by atoms with Crippen molar-refractivity contribution in [3.8, 4) is 0 Å². The highest BCUT2D eigenvalue weighted by Gasteiger charge is 2.37. The van der Waals surface area contributed by atoms with Gasteiger partial charge in [-0.2, -0.15) is 0 Å². The summed E-state index contributed by atoms with van der Waals surface area (Å²) < 4.78 is 5.93. The first-order valence-corrected chi connectivity index (χ1v) is 9.69. The van der Waals surface area contributed by atoms with Crippen molar-refractivity contribution in [3.05, 3.63) is 95.1 Å². The molecule has 2 N–H and O–H groups in total. The van der Waals surface area contributed by atoms with Crippen LogP contribution >= 0.6 is 0 Å². The molecule has 1 aliphatic carbocycles. The minimum atomic E-state index is -0.288. The van der Waals surface area contributed by atoms with E-state index < -0.39 is 0 Å². The lowest BCUT2D eigenvalue weighted by molar-refractivity contribution is -0.116. The number of allylic oxidation sites excluding steroid dienone is 1. The fraction of sp³-hybridized carbons (Fsp3) is 0.208. The SMILES string of the molecule is Cc1ccc([C@H]2Nc3ccccc3NC3=C2C(=O)C[C@@H](c2ccccc2)C3)o1. The molecule has 1 aliphatic heterocycles. The van der Waals surface area contributed by atoms with Gasteiger partial charge in [-0.15, -0.1) is 0 Å². The van der Waals surface area contributed by atoms with Crippen molar-refractivity contribution in [2.24, 2.45) is 0 Å². The van der Waals surface area contributed by atoms with Crippen molar-refractivity contribution < 1.29 is 9.21 Å². The van der Waals surface area contributed by atoms with Crippen LogP contribution < -0.4 is 10.6 Å².